The average Bonchev–Trinajstić information content (AvgIpc) is 3.13. The van der Waals surface area contributed by atoms with Gasteiger partial charge in [0.1, 0.15) is 0 Å². The fourth-order valence-corrected chi connectivity index (χ4v) is 3.76. The second-order valence-corrected chi connectivity index (χ2v) is 7.61. The van der Waals surface area contributed by atoms with Gasteiger partial charge in [0.25, 0.3) is 0 Å². The minimum Gasteiger partial charge on any atom is -0.462 e. The van der Waals surface area contributed by atoms with Crippen molar-refractivity contribution in [1.29, 1.82) is 0 Å². The van der Waals surface area contributed by atoms with Crippen molar-refractivity contribution in [3.05, 3.63) is 51.5 Å². The Bertz CT molecular complexity index is 792. The fraction of sp³-hybridized carbons (Fsp3) is 0.421. The van der Waals surface area contributed by atoms with Crippen LogP contribution in [0.1, 0.15) is 55.4 Å². The molecule has 4 nitrogen and oxygen atoms in total. The molecule has 0 fully saturated rings. The Morgan fingerprint density at radius 3 is 2.50 bits per heavy atom. The number of benzene rings is 1. The van der Waals surface area contributed by atoms with Gasteiger partial charge in [-0.25, -0.2) is 9.98 Å². The van der Waals surface area contributed by atoms with Crippen molar-refractivity contribution in [3.8, 4) is 0 Å². The number of Topliss-reactive ketones (excluding diaryl/α,β-unsaturated/α-hetero) is 1. The first-order valence-electron chi connectivity index (χ1n) is 8.11. The van der Waals surface area contributed by atoms with E-state index in [1.165, 1.54) is 16.9 Å². The summed E-state index contributed by atoms with van der Waals surface area (Å²) in [6.07, 6.45) is 0. The Morgan fingerprint density at radius 1 is 1.29 bits per heavy atom. The first kappa shape index (κ1) is 16.8. The van der Waals surface area contributed by atoms with Gasteiger partial charge in [-0.3, -0.25) is 4.79 Å². The van der Waals surface area contributed by atoms with Crippen LogP contribution in [0.5, 0.6) is 0 Å². The van der Waals surface area contributed by atoms with Crippen molar-refractivity contribution >= 4 is 23.0 Å². The number of aromatic nitrogens is 1. The molecule has 2 aromatic rings. The zero-order chi connectivity index (χ0) is 17.5. The van der Waals surface area contributed by atoms with Crippen molar-refractivity contribution < 1.29 is 9.53 Å². The standard InChI is InChI=1S/C19H22N2O2S/c1-11(2)15-10-24-18(20-15)17-21-16(13(4)22)19(5,23-17)14-8-6-12(3)7-9-14/h6-11,16H,1-5H3. The number of rotatable bonds is 4. The fourth-order valence-electron chi connectivity index (χ4n) is 2.85. The molecule has 24 heavy (non-hydrogen) atoms. The van der Waals surface area contributed by atoms with Crippen molar-refractivity contribution in [3.63, 3.8) is 0 Å². The van der Waals surface area contributed by atoms with Crippen LogP contribution in [0, 0.1) is 6.92 Å². The van der Waals surface area contributed by atoms with E-state index in [1.807, 2.05) is 43.5 Å². The van der Waals surface area contributed by atoms with E-state index in [0.29, 0.717) is 11.8 Å². The number of carbonyl (C=O) groups excluding carboxylic acids is 1. The zero-order valence-corrected chi connectivity index (χ0v) is 15.5. The number of carbonyl (C=O) groups is 1. The molecule has 0 spiro atoms. The molecule has 0 N–H and O–H groups in total. The summed E-state index contributed by atoms with van der Waals surface area (Å²) in [5.41, 5.74) is 2.35. The third-order valence-electron chi connectivity index (χ3n) is 4.38. The van der Waals surface area contributed by atoms with E-state index in [9.17, 15) is 4.79 Å². The van der Waals surface area contributed by atoms with Crippen LogP contribution >= 0.6 is 11.3 Å². The number of hydrogen-bond acceptors (Lipinski definition) is 5. The number of aryl methyl sites for hydroxylation is 1. The minimum atomic E-state index is -0.793. The van der Waals surface area contributed by atoms with E-state index < -0.39 is 11.6 Å². The average molecular weight is 342 g/mol. The lowest BCUT2D eigenvalue weighted by molar-refractivity contribution is -0.121. The van der Waals surface area contributed by atoms with Gasteiger partial charge in [0.2, 0.25) is 5.90 Å². The second-order valence-electron chi connectivity index (χ2n) is 6.75. The van der Waals surface area contributed by atoms with Gasteiger partial charge in [-0.05, 0) is 32.3 Å². The molecule has 2 atom stereocenters. The molecule has 1 aromatic heterocycles. The molecule has 0 radical (unpaired) electrons. The number of ketones is 1. The van der Waals surface area contributed by atoms with Crippen LogP contribution in [0.2, 0.25) is 0 Å². The summed E-state index contributed by atoms with van der Waals surface area (Å²) in [7, 11) is 0. The van der Waals surface area contributed by atoms with Gasteiger partial charge in [0.05, 0.1) is 5.69 Å². The third-order valence-corrected chi connectivity index (χ3v) is 5.23. The Balaban J connectivity index is 1.98. The van der Waals surface area contributed by atoms with Gasteiger partial charge in [-0.1, -0.05) is 43.7 Å². The van der Waals surface area contributed by atoms with Crippen LogP contribution in [-0.2, 0) is 15.1 Å². The summed E-state index contributed by atoms with van der Waals surface area (Å²) in [6.45, 7) is 9.73. The molecule has 0 saturated heterocycles. The summed E-state index contributed by atoms with van der Waals surface area (Å²) in [5, 5.41) is 2.76. The summed E-state index contributed by atoms with van der Waals surface area (Å²) < 4.78 is 6.20. The van der Waals surface area contributed by atoms with Crippen LogP contribution in [0.15, 0.2) is 34.6 Å². The molecule has 1 aromatic carbocycles. The maximum Gasteiger partial charge on any atom is 0.247 e. The molecule has 0 saturated carbocycles. The monoisotopic (exact) mass is 342 g/mol. The van der Waals surface area contributed by atoms with Crippen molar-refractivity contribution in [2.45, 2.75) is 52.2 Å². The van der Waals surface area contributed by atoms with Crippen molar-refractivity contribution in [2.24, 2.45) is 4.99 Å². The molecule has 0 bridgehead atoms. The van der Waals surface area contributed by atoms with Gasteiger partial charge in [-0.15, -0.1) is 11.3 Å². The van der Waals surface area contributed by atoms with Crippen LogP contribution < -0.4 is 0 Å². The normalized spacial score (nSPS) is 23.2. The third kappa shape index (κ3) is 2.88. The van der Waals surface area contributed by atoms with Crippen LogP contribution in [0.3, 0.4) is 0 Å². The number of hydrogen-bond donors (Lipinski definition) is 0. The van der Waals surface area contributed by atoms with E-state index in [0.717, 1.165) is 16.3 Å². The van der Waals surface area contributed by atoms with E-state index in [1.54, 1.807) is 6.92 Å². The molecule has 0 amide bonds. The quantitative estimate of drug-likeness (QED) is 0.836. The first-order chi connectivity index (χ1) is 11.3. The molecule has 0 aliphatic carbocycles. The van der Waals surface area contributed by atoms with Gasteiger partial charge in [0.15, 0.2) is 22.4 Å². The summed E-state index contributed by atoms with van der Waals surface area (Å²) in [6, 6.07) is 7.51. The van der Waals surface area contributed by atoms with Gasteiger partial charge in [0, 0.05) is 5.38 Å². The van der Waals surface area contributed by atoms with E-state index in [4.69, 9.17) is 4.74 Å². The Kier molecular flexibility index (Phi) is 4.30. The van der Waals surface area contributed by atoms with E-state index >= 15 is 0 Å². The Hall–Kier alpha value is -2.01. The highest BCUT2D eigenvalue weighted by Crippen LogP contribution is 2.38. The van der Waals surface area contributed by atoms with Crippen molar-refractivity contribution in [1.82, 2.24) is 4.98 Å². The molecule has 1 aliphatic heterocycles. The van der Waals surface area contributed by atoms with E-state index in [-0.39, 0.29) is 5.78 Å². The van der Waals surface area contributed by atoms with Crippen LogP contribution in [0.4, 0.5) is 0 Å². The lowest BCUT2D eigenvalue weighted by Gasteiger charge is -2.28. The smallest absolute Gasteiger partial charge is 0.247 e. The van der Waals surface area contributed by atoms with Gasteiger partial charge >= 0.3 is 0 Å². The maximum atomic E-state index is 12.2. The summed E-state index contributed by atoms with van der Waals surface area (Å²) in [5.74, 6) is 0.813. The number of ether oxygens (including phenoxy) is 1. The topological polar surface area (TPSA) is 51.5 Å². The highest BCUT2D eigenvalue weighted by molar-refractivity contribution is 7.11. The molecule has 2 unspecified atom stereocenters. The number of nitrogens with zero attached hydrogens (tertiary/aromatic N) is 2. The summed E-state index contributed by atoms with van der Waals surface area (Å²) >= 11 is 1.51. The minimum absolute atomic E-state index is 0.00582. The van der Waals surface area contributed by atoms with Crippen LogP contribution in [0.25, 0.3) is 0 Å². The van der Waals surface area contributed by atoms with Gasteiger partial charge in [-0.2, -0.15) is 0 Å². The summed E-state index contributed by atoms with van der Waals surface area (Å²) in [4.78, 5) is 21.4. The zero-order valence-electron chi connectivity index (χ0n) is 14.7. The highest BCUT2D eigenvalue weighted by Gasteiger charge is 2.47. The Morgan fingerprint density at radius 2 is 1.96 bits per heavy atom. The molecule has 5 heteroatoms. The largest absolute Gasteiger partial charge is 0.462 e. The predicted octanol–water partition coefficient (Wildman–Crippen LogP) is 4.22. The second kappa shape index (κ2) is 6.13. The van der Waals surface area contributed by atoms with Gasteiger partial charge < -0.3 is 4.74 Å². The lowest BCUT2D eigenvalue weighted by atomic mass is 9.86. The molecular formula is C19H22N2O2S. The molecule has 1 aliphatic rings. The SMILES string of the molecule is CC(=O)C1N=C(c2nc(C(C)C)cs2)OC1(C)c1ccc(C)cc1. The van der Waals surface area contributed by atoms with Crippen molar-refractivity contribution in [2.75, 3.05) is 0 Å². The maximum absolute atomic E-state index is 12.2. The first-order valence-corrected chi connectivity index (χ1v) is 8.99. The van der Waals surface area contributed by atoms with E-state index in [2.05, 4.69) is 23.8 Å². The molecular weight excluding hydrogens is 320 g/mol. The Labute approximate surface area is 146 Å². The predicted molar refractivity (Wildman–Crippen MR) is 96.8 cm³/mol. The molecule has 126 valence electrons. The highest BCUT2D eigenvalue weighted by atomic mass is 32.1. The van der Waals surface area contributed by atoms with Crippen LogP contribution in [-0.4, -0.2) is 22.7 Å². The molecule has 3 rings (SSSR count). The molecule has 2 heterocycles. The lowest BCUT2D eigenvalue weighted by Crippen LogP contribution is -2.38. The number of thiazole rings is 1. The number of aliphatic imine (C=N–C) groups is 1.